The van der Waals surface area contributed by atoms with Gasteiger partial charge in [-0.3, -0.25) is 4.98 Å². The highest BCUT2D eigenvalue weighted by Crippen LogP contribution is 2.36. The second-order valence-electron chi connectivity index (χ2n) is 4.97. The van der Waals surface area contributed by atoms with Gasteiger partial charge in [-0.15, -0.1) is 0 Å². The van der Waals surface area contributed by atoms with Gasteiger partial charge in [-0.1, -0.05) is 0 Å². The number of aryl methyl sites for hydroxylation is 1. The van der Waals surface area contributed by atoms with Gasteiger partial charge in [-0.05, 0) is 43.4 Å². The van der Waals surface area contributed by atoms with Crippen LogP contribution >= 0.6 is 12.2 Å². The molecule has 0 atom stereocenters. The van der Waals surface area contributed by atoms with Crippen molar-refractivity contribution >= 4 is 18.4 Å². The predicted molar refractivity (Wildman–Crippen MR) is 89.8 cm³/mol. The molecule has 0 radical (unpaired) electrons. The normalized spacial score (nSPS) is 11.2. The number of phenolic OH excluding ortho intramolecular Hbond substituents is 3. The zero-order chi connectivity index (χ0) is 17.3. The van der Waals surface area contributed by atoms with Gasteiger partial charge < -0.3 is 15.3 Å². The molecular weight excluding hydrogens is 330 g/mol. The Balaban J connectivity index is 2.02. The number of H-pyrrole nitrogens is 1. The summed E-state index contributed by atoms with van der Waals surface area (Å²) in [6.45, 7) is 1.87. The standard InChI is InChI=1S/C15H13N5O3S/c1-8-2-3-10(6-16-8)14-18-19-15(24)20(14)17-7-9-4-5-11(21)13(23)12(9)22/h2-7,21-23H,1H3,(H,19,24). The summed E-state index contributed by atoms with van der Waals surface area (Å²) in [6.07, 6.45) is 2.95. The lowest BCUT2D eigenvalue weighted by Crippen LogP contribution is -1.96. The number of hydrogen-bond donors (Lipinski definition) is 4. The lowest BCUT2D eigenvalue weighted by Gasteiger charge is -2.04. The van der Waals surface area contributed by atoms with E-state index in [1.54, 1.807) is 6.20 Å². The second kappa shape index (κ2) is 6.13. The molecule has 3 rings (SSSR count). The second-order valence-corrected chi connectivity index (χ2v) is 5.35. The molecular formula is C15H13N5O3S. The molecule has 2 aromatic heterocycles. The van der Waals surface area contributed by atoms with Crippen LogP contribution in [0.15, 0.2) is 35.6 Å². The number of nitrogens with one attached hydrogen (secondary N) is 1. The van der Waals surface area contributed by atoms with Crippen molar-refractivity contribution in [2.24, 2.45) is 5.10 Å². The highest BCUT2D eigenvalue weighted by atomic mass is 32.1. The summed E-state index contributed by atoms with van der Waals surface area (Å²) in [5.41, 5.74) is 1.79. The molecule has 0 saturated heterocycles. The third-order valence-corrected chi connectivity index (χ3v) is 3.56. The number of aromatic amines is 1. The van der Waals surface area contributed by atoms with E-state index in [0.717, 1.165) is 5.69 Å². The number of benzene rings is 1. The minimum absolute atomic E-state index is 0.210. The minimum Gasteiger partial charge on any atom is -0.504 e. The van der Waals surface area contributed by atoms with Crippen LogP contribution in [0.5, 0.6) is 17.2 Å². The molecule has 0 fully saturated rings. The van der Waals surface area contributed by atoms with E-state index in [1.165, 1.54) is 23.0 Å². The Labute approximate surface area is 141 Å². The monoisotopic (exact) mass is 343 g/mol. The molecule has 122 valence electrons. The molecule has 2 heterocycles. The zero-order valence-electron chi connectivity index (χ0n) is 12.5. The fourth-order valence-corrected chi connectivity index (χ4v) is 2.17. The summed E-state index contributed by atoms with van der Waals surface area (Å²) >= 11 is 5.15. The maximum absolute atomic E-state index is 9.82. The van der Waals surface area contributed by atoms with Gasteiger partial charge in [0.15, 0.2) is 17.3 Å². The van der Waals surface area contributed by atoms with Crippen molar-refractivity contribution in [3.05, 3.63) is 46.5 Å². The molecule has 0 unspecified atom stereocenters. The first-order valence-electron chi connectivity index (χ1n) is 6.86. The largest absolute Gasteiger partial charge is 0.504 e. The molecule has 0 amide bonds. The summed E-state index contributed by atoms with van der Waals surface area (Å²) < 4.78 is 1.62. The Morgan fingerprint density at radius 1 is 1.17 bits per heavy atom. The fraction of sp³-hybridized carbons (Fsp3) is 0.0667. The van der Waals surface area contributed by atoms with Crippen molar-refractivity contribution in [3.63, 3.8) is 0 Å². The van der Waals surface area contributed by atoms with Gasteiger partial charge >= 0.3 is 0 Å². The van der Waals surface area contributed by atoms with Crippen molar-refractivity contribution in [3.8, 4) is 28.6 Å². The van der Waals surface area contributed by atoms with Gasteiger partial charge in [-0.25, -0.2) is 5.10 Å². The molecule has 3 aromatic rings. The van der Waals surface area contributed by atoms with E-state index in [2.05, 4.69) is 20.3 Å². The Morgan fingerprint density at radius 2 is 1.96 bits per heavy atom. The molecule has 8 nitrogen and oxygen atoms in total. The molecule has 0 saturated carbocycles. The van der Waals surface area contributed by atoms with Gasteiger partial charge in [0.05, 0.1) is 6.21 Å². The Hall–Kier alpha value is -3.20. The van der Waals surface area contributed by atoms with Crippen molar-refractivity contribution in [1.82, 2.24) is 19.9 Å². The minimum atomic E-state index is -0.613. The summed E-state index contributed by atoms with van der Waals surface area (Å²) in [4.78, 5) is 4.21. The third kappa shape index (κ3) is 2.84. The first kappa shape index (κ1) is 15.7. The molecule has 4 N–H and O–H groups in total. The maximum atomic E-state index is 9.82. The molecule has 0 spiro atoms. The predicted octanol–water partition coefficient (Wildman–Crippen LogP) is 2.31. The van der Waals surface area contributed by atoms with E-state index in [9.17, 15) is 15.3 Å². The highest BCUT2D eigenvalue weighted by Gasteiger charge is 2.11. The van der Waals surface area contributed by atoms with Gasteiger partial charge in [0.25, 0.3) is 0 Å². The first-order chi connectivity index (χ1) is 11.5. The van der Waals surface area contributed by atoms with Gasteiger partial charge in [0.1, 0.15) is 0 Å². The van der Waals surface area contributed by atoms with Crippen molar-refractivity contribution in [2.75, 3.05) is 0 Å². The summed E-state index contributed by atoms with van der Waals surface area (Å²) in [5.74, 6) is -1.06. The van der Waals surface area contributed by atoms with Gasteiger partial charge in [-0.2, -0.15) is 14.9 Å². The van der Waals surface area contributed by atoms with Crippen LogP contribution in [0.4, 0.5) is 0 Å². The fourth-order valence-electron chi connectivity index (χ4n) is 1.99. The molecule has 9 heteroatoms. The van der Waals surface area contributed by atoms with Crippen LogP contribution in [0.1, 0.15) is 11.3 Å². The molecule has 1 aromatic carbocycles. The van der Waals surface area contributed by atoms with E-state index in [1.807, 2.05) is 19.1 Å². The summed E-state index contributed by atoms with van der Waals surface area (Å²) in [7, 11) is 0. The number of rotatable bonds is 3. The van der Waals surface area contributed by atoms with E-state index in [4.69, 9.17) is 12.2 Å². The van der Waals surface area contributed by atoms with Crippen LogP contribution < -0.4 is 0 Å². The average Bonchev–Trinajstić information content (AvgIpc) is 2.94. The third-order valence-electron chi connectivity index (χ3n) is 3.29. The van der Waals surface area contributed by atoms with Gasteiger partial charge in [0.2, 0.25) is 10.5 Å². The first-order valence-corrected chi connectivity index (χ1v) is 7.27. The van der Waals surface area contributed by atoms with Crippen LogP contribution in [-0.2, 0) is 0 Å². The quantitative estimate of drug-likeness (QED) is 0.329. The van der Waals surface area contributed by atoms with Crippen molar-refractivity contribution < 1.29 is 15.3 Å². The van der Waals surface area contributed by atoms with Crippen LogP contribution in [-0.4, -0.2) is 41.4 Å². The SMILES string of the molecule is Cc1ccc(-c2n[nH]c(=S)n2N=Cc2ccc(O)c(O)c2O)cn1. The van der Waals surface area contributed by atoms with Gasteiger partial charge in [0, 0.05) is 23.0 Å². The number of aromatic hydroxyl groups is 3. The molecule has 0 aliphatic rings. The Bertz CT molecular complexity index is 976. The van der Waals surface area contributed by atoms with E-state index >= 15 is 0 Å². The number of phenols is 3. The molecule has 24 heavy (non-hydrogen) atoms. The summed E-state index contributed by atoms with van der Waals surface area (Å²) in [5, 5.41) is 39.6. The Morgan fingerprint density at radius 3 is 2.67 bits per heavy atom. The number of nitrogens with zero attached hydrogens (tertiary/aromatic N) is 4. The van der Waals surface area contributed by atoms with E-state index < -0.39 is 17.2 Å². The summed E-state index contributed by atoms with van der Waals surface area (Å²) in [6, 6.07) is 6.33. The Kier molecular flexibility index (Phi) is 4.00. The molecule has 0 bridgehead atoms. The van der Waals surface area contributed by atoms with Crippen LogP contribution in [0.3, 0.4) is 0 Å². The highest BCUT2D eigenvalue weighted by molar-refractivity contribution is 7.71. The number of hydrogen-bond acceptors (Lipinski definition) is 7. The zero-order valence-corrected chi connectivity index (χ0v) is 13.3. The molecule has 0 aliphatic carbocycles. The van der Waals surface area contributed by atoms with E-state index in [-0.39, 0.29) is 10.3 Å². The smallest absolute Gasteiger partial charge is 0.216 e. The van der Waals surface area contributed by atoms with Crippen molar-refractivity contribution in [1.29, 1.82) is 0 Å². The number of pyridine rings is 1. The van der Waals surface area contributed by atoms with Crippen LogP contribution in [0.2, 0.25) is 0 Å². The lowest BCUT2D eigenvalue weighted by molar-refractivity contribution is 0.367. The van der Waals surface area contributed by atoms with E-state index in [0.29, 0.717) is 11.4 Å². The topological polar surface area (TPSA) is 120 Å². The van der Waals surface area contributed by atoms with Crippen LogP contribution in [0, 0.1) is 11.7 Å². The van der Waals surface area contributed by atoms with Crippen molar-refractivity contribution in [2.45, 2.75) is 6.92 Å². The van der Waals surface area contributed by atoms with Crippen LogP contribution in [0.25, 0.3) is 11.4 Å². The average molecular weight is 343 g/mol. The molecule has 0 aliphatic heterocycles. The lowest BCUT2D eigenvalue weighted by atomic mass is 10.2. The maximum Gasteiger partial charge on any atom is 0.216 e. The number of aromatic nitrogens is 4.